The van der Waals surface area contributed by atoms with Gasteiger partial charge in [0, 0.05) is 7.11 Å². The minimum atomic E-state index is -5.93. The van der Waals surface area contributed by atoms with Gasteiger partial charge >= 0.3 is 21.5 Å². The Bertz CT molecular complexity index is 914. The number of methoxy groups -OCH3 is 1. The summed E-state index contributed by atoms with van der Waals surface area (Å²) in [6, 6.07) is 8.20. The smallest absolute Gasteiger partial charge is 0.458 e. The minimum absolute atomic E-state index is 0.116. The zero-order chi connectivity index (χ0) is 21.6. The molecule has 1 amide bonds. The number of rotatable bonds is 5. The Hall–Kier alpha value is -1.87. The normalized spacial score (nSPS) is 27.9. The average molecular weight is 455 g/mol. The highest BCUT2D eigenvalue weighted by molar-refractivity contribution is 8.01. The molecule has 160 valence electrons. The molecule has 1 aromatic carbocycles. The number of carbonyl (C=O) groups excluding carboxylic acids is 2. The molecule has 9 nitrogen and oxygen atoms in total. The first kappa shape index (κ1) is 21.8. The van der Waals surface area contributed by atoms with Crippen molar-refractivity contribution < 1.29 is 40.7 Å². The molecule has 3 unspecified atom stereocenters. The highest BCUT2D eigenvalue weighted by Gasteiger charge is 2.69. The Balaban J connectivity index is 1.92. The summed E-state index contributed by atoms with van der Waals surface area (Å²) >= 11 is 0.629. The van der Waals surface area contributed by atoms with Crippen molar-refractivity contribution in [2.45, 2.75) is 29.4 Å². The number of amides is 1. The average Bonchev–Trinajstić information content (AvgIpc) is 2.69. The maximum atomic E-state index is 13.1. The zero-order valence-electron chi connectivity index (χ0n) is 14.8. The van der Waals surface area contributed by atoms with E-state index in [9.17, 15) is 31.2 Å². The number of nitrogens with two attached hydrogens (primary N) is 1. The van der Waals surface area contributed by atoms with E-state index in [4.69, 9.17) is 15.2 Å². The van der Waals surface area contributed by atoms with Crippen LogP contribution >= 0.6 is 11.8 Å². The van der Waals surface area contributed by atoms with Crippen molar-refractivity contribution in [3.8, 4) is 0 Å². The number of sulfonamides is 1. The van der Waals surface area contributed by atoms with E-state index in [1.165, 1.54) is 0 Å². The largest absolute Gasteiger partial charge is 0.511 e. The van der Waals surface area contributed by atoms with E-state index in [1.54, 1.807) is 30.3 Å². The van der Waals surface area contributed by atoms with E-state index in [2.05, 4.69) is 0 Å². The molecule has 2 fully saturated rings. The van der Waals surface area contributed by atoms with Crippen molar-refractivity contribution >= 4 is 33.7 Å². The van der Waals surface area contributed by atoms with E-state index < -0.39 is 50.5 Å². The van der Waals surface area contributed by atoms with E-state index in [0.717, 1.165) is 7.11 Å². The van der Waals surface area contributed by atoms with Crippen LogP contribution in [0.25, 0.3) is 0 Å². The molecule has 2 N–H and O–H groups in total. The third-order valence-corrected chi connectivity index (χ3v) is 7.47. The number of hydrogen-bond acceptors (Lipinski definition) is 8. The number of alkyl halides is 3. The second-order valence-electron chi connectivity index (χ2n) is 6.16. The lowest BCUT2D eigenvalue weighted by Crippen LogP contribution is -2.84. The Morgan fingerprint density at radius 3 is 2.52 bits per heavy atom. The van der Waals surface area contributed by atoms with Crippen LogP contribution in [0, 0.1) is 0 Å². The van der Waals surface area contributed by atoms with E-state index in [1.807, 2.05) is 0 Å². The van der Waals surface area contributed by atoms with Crippen molar-refractivity contribution in [2.75, 3.05) is 13.0 Å². The second-order valence-corrected chi connectivity index (χ2v) is 9.08. The van der Waals surface area contributed by atoms with Gasteiger partial charge in [0.2, 0.25) is 5.72 Å². The van der Waals surface area contributed by atoms with Crippen LogP contribution in [0.15, 0.2) is 30.3 Å². The predicted molar refractivity (Wildman–Crippen MR) is 93.9 cm³/mol. The SMILES string of the molecule is COC1(N)C(=O)N2C(C(=O)OCc3ccccc3)N(S(=O)(=O)C(F)(F)F)CSC21. The fourth-order valence-corrected chi connectivity index (χ4v) is 5.61. The maximum absolute atomic E-state index is 13.1. The summed E-state index contributed by atoms with van der Waals surface area (Å²) in [4.78, 5) is 25.7. The molecule has 2 aliphatic rings. The summed E-state index contributed by atoms with van der Waals surface area (Å²) in [5, 5.41) is -1.06. The van der Waals surface area contributed by atoms with Gasteiger partial charge in [-0.15, -0.1) is 11.8 Å². The molecule has 2 aliphatic heterocycles. The number of nitrogens with zero attached hydrogens (tertiary/aromatic N) is 2. The van der Waals surface area contributed by atoms with Crippen LogP contribution < -0.4 is 5.73 Å². The standard InChI is InChI=1S/C15H16F3N3O6S2/c1-26-14(19)12(23)21-10(11(22)27-7-9-5-3-2-4-6-9)20(8-28-13(14)21)29(24,25)15(16,17)18/h2-6,10,13H,7-8,19H2,1H3. The van der Waals surface area contributed by atoms with Crippen molar-refractivity contribution in [3.05, 3.63) is 35.9 Å². The first-order valence-electron chi connectivity index (χ1n) is 8.02. The Morgan fingerprint density at radius 1 is 1.34 bits per heavy atom. The number of ether oxygens (including phenoxy) is 2. The lowest BCUT2D eigenvalue weighted by Gasteiger charge is -2.58. The van der Waals surface area contributed by atoms with Crippen LogP contribution in [-0.4, -0.2) is 65.3 Å². The molecule has 0 bridgehead atoms. The molecule has 1 aromatic rings. The predicted octanol–water partition coefficient (Wildman–Crippen LogP) is 0.382. The lowest BCUT2D eigenvalue weighted by atomic mass is 10.0. The van der Waals surface area contributed by atoms with Gasteiger partial charge in [0.1, 0.15) is 12.0 Å². The molecule has 0 aromatic heterocycles. The molecular formula is C15H16F3N3O6S2. The number of hydrogen-bond donors (Lipinski definition) is 1. The second kappa shape index (κ2) is 7.43. The Kier molecular flexibility index (Phi) is 5.59. The Labute approximate surface area is 167 Å². The topological polar surface area (TPSA) is 119 Å². The fourth-order valence-electron chi connectivity index (χ4n) is 2.91. The molecule has 3 atom stereocenters. The quantitative estimate of drug-likeness (QED) is 0.385. The van der Waals surface area contributed by atoms with Crippen molar-refractivity contribution in [1.29, 1.82) is 0 Å². The highest BCUT2D eigenvalue weighted by atomic mass is 32.2. The number of benzene rings is 1. The van der Waals surface area contributed by atoms with Gasteiger partial charge in [-0.2, -0.15) is 17.5 Å². The molecule has 0 aliphatic carbocycles. The van der Waals surface area contributed by atoms with Crippen LogP contribution in [0.2, 0.25) is 0 Å². The molecule has 0 radical (unpaired) electrons. The molecule has 2 saturated heterocycles. The van der Waals surface area contributed by atoms with E-state index in [0.29, 0.717) is 22.2 Å². The maximum Gasteiger partial charge on any atom is 0.511 e. The van der Waals surface area contributed by atoms with Crippen molar-refractivity contribution in [1.82, 2.24) is 9.21 Å². The summed E-state index contributed by atoms with van der Waals surface area (Å²) in [6.45, 7) is -0.325. The number of carbonyl (C=O) groups is 2. The molecule has 29 heavy (non-hydrogen) atoms. The van der Waals surface area contributed by atoms with E-state index >= 15 is 0 Å². The van der Waals surface area contributed by atoms with Gasteiger partial charge in [-0.05, 0) is 5.56 Å². The summed E-state index contributed by atoms with van der Waals surface area (Å²) in [5.74, 6) is -3.14. The van der Waals surface area contributed by atoms with Gasteiger partial charge in [0.25, 0.3) is 5.91 Å². The molecule has 0 spiro atoms. The van der Waals surface area contributed by atoms with Crippen LogP contribution in [0.5, 0.6) is 0 Å². The van der Waals surface area contributed by atoms with Gasteiger partial charge in [0.15, 0.2) is 6.17 Å². The number of β-lactam (4-membered cyclic amide) rings is 1. The zero-order valence-corrected chi connectivity index (χ0v) is 16.5. The van der Waals surface area contributed by atoms with Gasteiger partial charge in [-0.1, -0.05) is 30.3 Å². The van der Waals surface area contributed by atoms with Crippen LogP contribution in [0.4, 0.5) is 13.2 Å². The minimum Gasteiger partial charge on any atom is -0.458 e. The van der Waals surface area contributed by atoms with Gasteiger partial charge in [-0.3, -0.25) is 15.4 Å². The number of fused-ring (bicyclic) bond motifs is 1. The number of thioether (sulfide) groups is 1. The van der Waals surface area contributed by atoms with Gasteiger partial charge in [-0.25, -0.2) is 13.2 Å². The van der Waals surface area contributed by atoms with Crippen LogP contribution in [0.1, 0.15) is 5.56 Å². The van der Waals surface area contributed by atoms with Gasteiger partial charge < -0.3 is 9.47 Å². The number of halogens is 3. The van der Waals surface area contributed by atoms with Gasteiger partial charge in [0.05, 0.1) is 5.88 Å². The molecule has 3 rings (SSSR count). The first-order chi connectivity index (χ1) is 13.4. The fraction of sp³-hybridized carbons (Fsp3) is 0.467. The van der Waals surface area contributed by atoms with Crippen molar-refractivity contribution in [3.63, 3.8) is 0 Å². The summed E-state index contributed by atoms with van der Waals surface area (Å²) in [6.07, 6.45) is -2.16. The highest BCUT2D eigenvalue weighted by Crippen LogP contribution is 2.46. The van der Waals surface area contributed by atoms with Crippen LogP contribution in [0.3, 0.4) is 0 Å². The molecule has 2 heterocycles. The monoisotopic (exact) mass is 455 g/mol. The summed E-state index contributed by atoms with van der Waals surface area (Å²) in [7, 11) is -4.81. The number of esters is 1. The Morgan fingerprint density at radius 2 is 1.97 bits per heavy atom. The third kappa shape index (κ3) is 3.48. The third-order valence-electron chi connectivity index (χ3n) is 4.46. The summed E-state index contributed by atoms with van der Waals surface area (Å²) in [5.41, 5.74) is -1.24. The first-order valence-corrected chi connectivity index (χ1v) is 10.5. The summed E-state index contributed by atoms with van der Waals surface area (Å²) < 4.78 is 73.2. The van der Waals surface area contributed by atoms with Crippen molar-refractivity contribution in [2.24, 2.45) is 5.73 Å². The van der Waals surface area contributed by atoms with E-state index in [-0.39, 0.29) is 10.9 Å². The van der Waals surface area contributed by atoms with Crippen LogP contribution in [-0.2, 0) is 35.7 Å². The molecular weight excluding hydrogens is 439 g/mol. The molecule has 14 heteroatoms. The molecule has 0 saturated carbocycles. The lowest BCUT2D eigenvalue weighted by molar-refractivity contribution is -0.203.